The van der Waals surface area contributed by atoms with Gasteiger partial charge in [0.1, 0.15) is 0 Å². The van der Waals surface area contributed by atoms with E-state index in [0.717, 1.165) is 71.0 Å². The quantitative estimate of drug-likeness (QED) is 0.381. The fourth-order valence-corrected chi connectivity index (χ4v) is 12.8. The van der Waals surface area contributed by atoms with E-state index < -0.39 is 0 Å². The molecule has 0 N–H and O–H groups in total. The molecule has 0 aliphatic heterocycles. The second-order valence-corrected chi connectivity index (χ2v) is 15.1. The minimum Gasteiger partial charge on any atom is -0.0530 e. The van der Waals surface area contributed by atoms with E-state index in [-0.39, 0.29) is 0 Å². The number of hydrogen-bond donors (Lipinski definition) is 0. The van der Waals surface area contributed by atoms with E-state index in [1.165, 1.54) is 0 Å². The Hall–Kier alpha value is 0. The molecule has 0 aromatic rings. The summed E-state index contributed by atoms with van der Waals surface area (Å²) < 4.78 is 0. The first-order valence-corrected chi connectivity index (χ1v) is 16.9. The van der Waals surface area contributed by atoms with Crippen LogP contribution in [0.15, 0.2) is 0 Å². The monoisotopic (exact) mass is 464 g/mol. The minimum absolute atomic E-state index is 1.13. The molecule has 34 heavy (non-hydrogen) atoms. The van der Waals surface area contributed by atoms with E-state index in [4.69, 9.17) is 0 Å². The Bertz CT molecular complexity index is 598. The number of rotatable bonds is 2. The summed E-state index contributed by atoms with van der Waals surface area (Å²) in [6, 6.07) is 0. The van der Waals surface area contributed by atoms with Gasteiger partial charge in [-0.2, -0.15) is 0 Å². The third-order valence-electron chi connectivity index (χ3n) is 14.0. The molecule has 0 heterocycles. The van der Waals surface area contributed by atoms with Gasteiger partial charge in [0.25, 0.3) is 0 Å². The number of fused-ring (bicyclic) bond motifs is 4. The summed E-state index contributed by atoms with van der Waals surface area (Å²) in [5, 5.41) is 0. The van der Waals surface area contributed by atoms with Gasteiger partial charge in [-0.15, -0.1) is 0 Å². The first-order chi connectivity index (χ1) is 16.9. The zero-order valence-electron chi connectivity index (χ0n) is 22.5. The summed E-state index contributed by atoms with van der Waals surface area (Å²) in [4.78, 5) is 0. The van der Waals surface area contributed by atoms with Crippen molar-refractivity contribution < 1.29 is 0 Å². The highest BCUT2D eigenvalue weighted by Gasteiger charge is 2.56. The highest BCUT2D eigenvalue weighted by Crippen LogP contribution is 2.63. The fourth-order valence-electron chi connectivity index (χ4n) is 12.8. The Balaban J connectivity index is 1.16. The molecule has 0 radical (unpaired) electrons. The van der Waals surface area contributed by atoms with E-state index in [2.05, 4.69) is 0 Å². The van der Waals surface area contributed by atoms with Crippen molar-refractivity contribution in [3.8, 4) is 0 Å². The largest absolute Gasteiger partial charge is 0.0530 e. The van der Waals surface area contributed by atoms with Crippen molar-refractivity contribution in [2.75, 3.05) is 0 Å². The van der Waals surface area contributed by atoms with Crippen LogP contribution in [0.2, 0.25) is 0 Å². The molecular weight excluding hydrogens is 408 g/mol. The smallest absolute Gasteiger partial charge is 0.0323 e. The Labute approximate surface area is 212 Å². The van der Waals surface area contributed by atoms with Crippen molar-refractivity contribution in [1.29, 1.82) is 0 Å². The molecule has 7 aliphatic carbocycles. The lowest BCUT2D eigenvalue weighted by Crippen LogP contribution is -2.54. The number of hydrogen-bond acceptors (Lipinski definition) is 0. The molecule has 192 valence electrons. The van der Waals surface area contributed by atoms with Gasteiger partial charge in [-0.05, 0) is 135 Å². The molecule has 0 bridgehead atoms. The van der Waals surface area contributed by atoms with Crippen molar-refractivity contribution in [2.45, 2.75) is 141 Å². The van der Waals surface area contributed by atoms with Crippen LogP contribution in [-0.2, 0) is 0 Å². The summed E-state index contributed by atoms with van der Waals surface area (Å²) >= 11 is 0. The third kappa shape index (κ3) is 4.16. The molecule has 10 unspecified atom stereocenters. The van der Waals surface area contributed by atoms with Gasteiger partial charge in [0, 0.05) is 0 Å². The van der Waals surface area contributed by atoms with Gasteiger partial charge in [-0.3, -0.25) is 0 Å². The van der Waals surface area contributed by atoms with Crippen LogP contribution in [0, 0.1) is 71.0 Å². The minimum atomic E-state index is 1.13. The normalized spacial score (nSPS) is 53.6. The summed E-state index contributed by atoms with van der Waals surface area (Å²) in [6.07, 6.45) is 35.3. The summed E-state index contributed by atoms with van der Waals surface area (Å²) in [6.45, 7) is 0. The summed E-state index contributed by atoms with van der Waals surface area (Å²) in [5.74, 6) is 13.7. The first-order valence-electron chi connectivity index (χ1n) is 16.9. The molecular formula is C34H56. The van der Waals surface area contributed by atoms with Crippen LogP contribution in [0.3, 0.4) is 0 Å². The van der Waals surface area contributed by atoms with E-state index in [0.29, 0.717) is 0 Å². The summed E-state index contributed by atoms with van der Waals surface area (Å²) in [7, 11) is 0. The van der Waals surface area contributed by atoms with E-state index in [9.17, 15) is 0 Å². The molecule has 0 heteroatoms. The van der Waals surface area contributed by atoms with Crippen LogP contribution >= 0.6 is 0 Å². The lowest BCUT2D eigenvalue weighted by atomic mass is 9.44. The molecule has 0 spiro atoms. The van der Waals surface area contributed by atoms with Gasteiger partial charge in [0.2, 0.25) is 0 Å². The van der Waals surface area contributed by atoms with E-state index in [1.807, 2.05) is 0 Å². The van der Waals surface area contributed by atoms with Gasteiger partial charge >= 0.3 is 0 Å². The molecule has 0 amide bonds. The van der Waals surface area contributed by atoms with Gasteiger partial charge in [0.15, 0.2) is 0 Å². The topological polar surface area (TPSA) is 0 Å². The molecule has 0 aromatic carbocycles. The SMILES string of the molecule is C1CCC2CC(C3C4CCCCC4C(C4CCC5CCCCC5C4)C4CCCCC43)CCC2C1. The maximum absolute atomic E-state index is 1.67. The van der Waals surface area contributed by atoms with E-state index >= 15 is 0 Å². The van der Waals surface area contributed by atoms with Gasteiger partial charge in [-0.25, -0.2) is 0 Å². The Kier molecular flexibility index (Phi) is 6.84. The lowest BCUT2D eigenvalue weighted by molar-refractivity contribution is -0.122. The second kappa shape index (κ2) is 10.0. The molecule has 7 fully saturated rings. The van der Waals surface area contributed by atoms with Crippen LogP contribution in [0.4, 0.5) is 0 Å². The molecule has 0 nitrogen and oxygen atoms in total. The Morgan fingerprint density at radius 3 is 0.912 bits per heavy atom. The van der Waals surface area contributed by atoms with Gasteiger partial charge in [0.05, 0.1) is 0 Å². The maximum Gasteiger partial charge on any atom is -0.0323 e. The lowest BCUT2D eigenvalue weighted by Gasteiger charge is -2.61. The van der Waals surface area contributed by atoms with Crippen molar-refractivity contribution in [2.24, 2.45) is 71.0 Å². The third-order valence-corrected chi connectivity index (χ3v) is 14.0. The van der Waals surface area contributed by atoms with Crippen LogP contribution in [0.25, 0.3) is 0 Å². The Morgan fingerprint density at radius 2 is 0.529 bits per heavy atom. The van der Waals surface area contributed by atoms with Crippen LogP contribution in [0.1, 0.15) is 141 Å². The van der Waals surface area contributed by atoms with Gasteiger partial charge < -0.3 is 0 Å². The van der Waals surface area contributed by atoms with Crippen molar-refractivity contribution in [1.82, 2.24) is 0 Å². The van der Waals surface area contributed by atoms with Crippen LogP contribution in [-0.4, -0.2) is 0 Å². The first kappa shape index (κ1) is 23.1. The van der Waals surface area contributed by atoms with Crippen molar-refractivity contribution in [3.63, 3.8) is 0 Å². The molecule has 10 atom stereocenters. The average molecular weight is 465 g/mol. The standard InChI is InChI=1S/C34H56/c1-3-11-25-21-27(19-17-23(25)9-1)33-29-13-5-7-15-31(29)34(32-16-8-6-14-30(32)33)28-20-18-24-10-2-4-12-26(24)22-28/h23-34H,1-22H2. The zero-order valence-corrected chi connectivity index (χ0v) is 22.5. The predicted molar refractivity (Wildman–Crippen MR) is 143 cm³/mol. The molecule has 7 rings (SSSR count). The van der Waals surface area contributed by atoms with Crippen LogP contribution in [0.5, 0.6) is 0 Å². The van der Waals surface area contributed by atoms with Gasteiger partial charge in [-0.1, -0.05) is 77.0 Å². The highest BCUT2D eigenvalue weighted by atomic mass is 14.6. The van der Waals surface area contributed by atoms with Crippen molar-refractivity contribution in [3.05, 3.63) is 0 Å². The maximum atomic E-state index is 1.67. The zero-order chi connectivity index (χ0) is 22.5. The molecule has 0 saturated heterocycles. The molecule has 0 aromatic heterocycles. The summed E-state index contributed by atoms with van der Waals surface area (Å²) in [5.41, 5.74) is 0. The predicted octanol–water partition coefficient (Wildman–Crippen LogP) is 10.1. The fraction of sp³-hybridized carbons (Fsp3) is 1.00. The highest BCUT2D eigenvalue weighted by molar-refractivity contribution is 5.04. The van der Waals surface area contributed by atoms with E-state index in [1.54, 1.807) is 141 Å². The Morgan fingerprint density at radius 1 is 0.235 bits per heavy atom. The van der Waals surface area contributed by atoms with Crippen LogP contribution < -0.4 is 0 Å². The average Bonchev–Trinajstić information content (AvgIpc) is 2.91. The molecule has 7 saturated carbocycles. The molecule has 7 aliphatic rings. The second-order valence-electron chi connectivity index (χ2n) is 15.1. The van der Waals surface area contributed by atoms with Crippen molar-refractivity contribution >= 4 is 0 Å².